The molecule has 0 spiro atoms. The minimum absolute atomic E-state index is 0. The fraction of sp³-hybridized carbons (Fsp3) is 1.00. The number of halogens is 3. The van der Waals surface area contributed by atoms with E-state index in [0.717, 1.165) is 12.8 Å². The first-order valence-corrected chi connectivity index (χ1v) is 4.22. The lowest BCUT2D eigenvalue weighted by molar-refractivity contribution is 0.0474. The Bertz CT molecular complexity index is 114. The van der Waals surface area contributed by atoms with Crippen molar-refractivity contribution in [1.29, 1.82) is 0 Å². The molecule has 0 radical (unpaired) electrons. The molecule has 0 amide bonds. The molecule has 0 aromatic rings. The van der Waals surface area contributed by atoms with Crippen LogP contribution in [0.3, 0.4) is 0 Å². The number of hydrogen-bond donors (Lipinski definition) is 1. The Kier molecular flexibility index (Phi) is 5.76. The van der Waals surface area contributed by atoms with Crippen LogP contribution in [0, 0.1) is 11.8 Å². The maximum atomic E-state index is 12.1. The van der Waals surface area contributed by atoms with E-state index in [0.29, 0.717) is 25.3 Å². The van der Waals surface area contributed by atoms with Gasteiger partial charge in [0.2, 0.25) is 6.43 Å². The second kappa shape index (κ2) is 5.70. The van der Waals surface area contributed by atoms with E-state index in [1.807, 2.05) is 0 Å². The van der Waals surface area contributed by atoms with E-state index in [9.17, 15) is 8.78 Å². The summed E-state index contributed by atoms with van der Waals surface area (Å²) in [5.74, 6) is 0.155. The molecule has 0 unspecified atom stereocenters. The minimum atomic E-state index is -2.12. The Balaban J connectivity index is 0.00000121. The van der Waals surface area contributed by atoms with Crippen LogP contribution in [0.15, 0.2) is 0 Å². The first-order chi connectivity index (χ1) is 5.24. The zero-order valence-corrected chi connectivity index (χ0v) is 7.83. The Morgan fingerprint density at radius 1 is 1.17 bits per heavy atom. The van der Waals surface area contributed by atoms with Crippen molar-refractivity contribution in [3.8, 4) is 0 Å². The van der Waals surface area contributed by atoms with Gasteiger partial charge in [0.1, 0.15) is 0 Å². The number of hydrogen-bond acceptors (Lipinski definition) is 1. The molecule has 0 saturated heterocycles. The van der Waals surface area contributed by atoms with Gasteiger partial charge in [-0.25, -0.2) is 8.78 Å². The second-order valence-electron chi connectivity index (χ2n) is 3.35. The molecule has 12 heavy (non-hydrogen) atoms. The summed E-state index contributed by atoms with van der Waals surface area (Å²) in [4.78, 5) is 0. The zero-order chi connectivity index (χ0) is 8.27. The van der Waals surface area contributed by atoms with Gasteiger partial charge in [0.25, 0.3) is 0 Å². The van der Waals surface area contributed by atoms with Crippen LogP contribution in [0.5, 0.6) is 0 Å². The van der Waals surface area contributed by atoms with Crippen LogP contribution in [0.2, 0.25) is 0 Å². The van der Waals surface area contributed by atoms with E-state index in [4.69, 9.17) is 5.73 Å². The van der Waals surface area contributed by atoms with Crippen molar-refractivity contribution in [2.24, 2.45) is 17.6 Å². The molecule has 1 rings (SSSR count). The second-order valence-corrected chi connectivity index (χ2v) is 3.35. The smallest absolute Gasteiger partial charge is 0.241 e. The summed E-state index contributed by atoms with van der Waals surface area (Å²) in [7, 11) is 0. The third-order valence-corrected chi connectivity index (χ3v) is 2.58. The zero-order valence-electron chi connectivity index (χ0n) is 7.01. The van der Waals surface area contributed by atoms with Crippen molar-refractivity contribution >= 4 is 12.4 Å². The number of rotatable bonds is 2. The summed E-state index contributed by atoms with van der Waals surface area (Å²) in [6.07, 6.45) is 1.00. The molecule has 1 nitrogen and oxygen atoms in total. The normalized spacial score (nSPS) is 30.0. The summed E-state index contributed by atoms with van der Waals surface area (Å²) >= 11 is 0. The van der Waals surface area contributed by atoms with Gasteiger partial charge < -0.3 is 5.73 Å². The van der Waals surface area contributed by atoms with Crippen molar-refractivity contribution < 1.29 is 8.78 Å². The Labute approximate surface area is 78.1 Å². The lowest BCUT2D eigenvalue weighted by Gasteiger charge is -2.26. The highest BCUT2D eigenvalue weighted by Gasteiger charge is 2.26. The van der Waals surface area contributed by atoms with Crippen LogP contribution >= 0.6 is 12.4 Å². The third kappa shape index (κ3) is 3.23. The van der Waals surface area contributed by atoms with Gasteiger partial charge in [0.05, 0.1) is 0 Å². The first kappa shape index (κ1) is 12.1. The summed E-state index contributed by atoms with van der Waals surface area (Å²) in [5.41, 5.74) is 5.44. The van der Waals surface area contributed by atoms with Gasteiger partial charge in [-0.1, -0.05) is 0 Å². The minimum Gasteiger partial charge on any atom is -0.330 e. The third-order valence-electron chi connectivity index (χ3n) is 2.58. The molecule has 0 bridgehead atoms. The van der Waals surface area contributed by atoms with Gasteiger partial charge in [0, 0.05) is 5.92 Å². The summed E-state index contributed by atoms with van der Waals surface area (Å²) < 4.78 is 24.2. The van der Waals surface area contributed by atoms with Crippen LogP contribution in [0.1, 0.15) is 25.7 Å². The molecule has 1 aliphatic rings. The summed E-state index contributed by atoms with van der Waals surface area (Å²) in [6.45, 7) is 0.663. The van der Waals surface area contributed by atoms with Crippen LogP contribution in [0.4, 0.5) is 8.78 Å². The quantitative estimate of drug-likeness (QED) is 0.727. The van der Waals surface area contributed by atoms with E-state index in [-0.39, 0.29) is 18.3 Å². The average molecular weight is 200 g/mol. The van der Waals surface area contributed by atoms with E-state index >= 15 is 0 Å². The van der Waals surface area contributed by atoms with Crippen molar-refractivity contribution in [3.63, 3.8) is 0 Å². The van der Waals surface area contributed by atoms with Crippen LogP contribution < -0.4 is 5.73 Å². The molecule has 2 N–H and O–H groups in total. The molecule has 0 aromatic heterocycles. The summed E-state index contributed by atoms with van der Waals surface area (Å²) in [6, 6.07) is 0. The molecule has 0 heterocycles. The fourth-order valence-electron chi connectivity index (χ4n) is 1.68. The molecule has 74 valence electrons. The topological polar surface area (TPSA) is 26.0 Å². The van der Waals surface area contributed by atoms with Gasteiger partial charge in [-0.3, -0.25) is 0 Å². The van der Waals surface area contributed by atoms with Gasteiger partial charge in [-0.15, -0.1) is 12.4 Å². The largest absolute Gasteiger partial charge is 0.330 e. The van der Waals surface area contributed by atoms with Gasteiger partial charge in [-0.05, 0) is 38.1 Å². The Morgan fingerprint density at radius 3 is 2.00 bits per heavy atom. The van der Waals surface area contributed by atoms with Gasteiger partial charge in [-0.2, -0.15) is 0 Å². The van der Waals surface area contributed by atoms with E-state index in [1.54, 1.807) is 0 Å². The Morgan fingerprint density at radius 2 is 1.67 bits per heavy atom. The van der Waals surface area contributed by atoms with Crippen molar-refractivity contribution in [3.05, 3.63) is 0 Å². The summed E-state index contributed by atoms with van der Waals surface area (Å²) in [5, 5.41) is 0. The molecule has 0 atom stereocenters. The molecule has 0 aromatic carbocycles. The maximum absolute atomic E-state index is 12.1. The monoisotopic (exact) mass is 199 g/mol. The lowest BCUT2D eigenvalue weighted by Crippen LogP contribution is -2.24. The molecule has 1 fully saturated rings. The van der Waals surface area contributed by atoms with Gasteiger partial charge in [0.15, 0.2) is 0 Å². The predicted octanol–water partition coefficient (Wildman–Crippen LogP) is 2.44. The van der Waals surface area contributed by atoms with Crippen molar-refractivity contribution in [2.75, 3.05) is 6.54 Å². The SMILES string of the molecule is Cl.NCC1CCC(C(F)F)CC1. The highest BCUT2D eigenvalue weighted by molar-refractivity contribution is 5.85. The average Bonchev–Trinajstić information content (AvgIpc) is 2.05. The molecular formula is C8H16ClF2N. The standard InChI is InChI=1S/C8H15F2N.ClH/c9-8(10)7-3-1-6(5-11)2-4-7;/h6-8H,1-5,11H2;1H. The van der Waals surface area contributed by atoms with Crippen molar-refractivity contribution in [2.45, 2.75) is 32.1 Å². The molecule has 0 aliphatic heterocycles. The molecule has 1 saturated carbocycles. The molecular weight excluding hydrogens is 184 g/mol. The van der Waals surface area contributed by atoms with Gasteiger partial charge >= 0.3 is 0 Å². The number of alkyl halides is 2. The Hall–Kier alpha value is 0.110. The van der Waals surface area contributed by atoms with E-state index in [2.05, 4.69) is 0 Å². The molecule has 4 heteroatoms. The number of nitrogens with two attached hydrogens (primary N) is 1. The van der Waals surface area contributed by atoms with Crippen LogP contribution in [-0.2, 0) is 0 Å². The fourth-order valence-corrected chi connectivity index (χ4v) is 1.68. The maximum Gasteiger partial charge on any atom is 0.241 e. The first-order valence-electron chi connectivity index (χ1n) is 4.22. The highest BCUT2D eigenvalue weighted by Crippen LogP contribution is 2.31. The van der Waals surface area contributed by atoms with E-state index in [1.165, 1.54) is 0 Å². The van der Waals surface area contributed by atoms with Crippen molar-refractivity contribution in [1.82, 2.24) is 0 Å². The molecule has 1 aliphatic carbocycles. The van der Waals surface area contributed by atoms with Crippen LogP contribution in [-0.4, -0.2) is 13.0 Å². The van der Waals surface area contributed by atoms with Crippen LogP contribution in [0.25, 0.3) is 0 Å². The highest BCUT2D eigenvalue weighted by atomic mass is 35.5. The predicted molar refractivity (Wildman–Crippen MR) is 47.8 cm³/mol. The lowest BCUT2D eigenvalue weighted by atomic mass is 9.82. The van der Waals surface area contributed by atoms with E-state index < -0.39 is 6.43 Å².